The largest absolute Gasteiger partial charge is 0.618 e. The third-order valence-corrected chi connectivity index (χ3v) is 6.84. The maximum absolute atomic E-state index is 12.5. The summed E-state index contributed by atoms with van der Waals surface area (Å²) in [6.45, 7) is 3.06. The molecule has 2 aromatic carbocycles. The van der Waals surface area contributed by atoms with Gasteiger partial charge in [-0.3, -0.25) is 0 Å². The molecule has 0 atom stereocenters. The minimum atomic E-state index is -3.53. The van der Waals surface area contributed by atoms with E-state index < -0.39 is 10.0 Å². The first-order valence-electron chi connectivity index (χ1n) is 10.6. The zero-order valence-electron chi connectivity index (χ0n) is 17.5. The summed E-state index contributed by atoms with van der Waals surface area (Å²) in [6.07, 6.45) is 4.99. The third-order valence-electron chi connectivity index (χ3n) is 5.37. The van der Waals surface area contributed by atoms with Crippen LogP contribution in [0.2, 0.25) is 0 Å². The highest BCUT2D eigenvalue weighted by Gasteiger charge is 2.18. The van der Waals surface area contributed by atoms with Gasteiger partial charge in [-0.1, -0.05) is 43.7 Å². The number of hydrogen-bond donors (Lipinski definition) is 1. The summed E-state index contributed by atoms with van der Waals surface area (Å²) in [5.74, 6) is 0.930. The molecule has 0 saturated heterocycles. The number of rotatable bonds is 9. The van der Waals surface area contributed by atoms with Crippen molar-refractivity contribution in [2.45, 2.75) is 44.0 Å². The highest BCUT2D eigenvalue weighted by atomic mass is 32.2. The van der Waals surface area contributed by atoms with Gasteiger partial charge in [0.05, 0.1) is 15.8 Å². The number of aromatic nitrogens is 3. The minimum absolute atomic E-state index is 0.262. The average Bonchev–Trinajstić information content (AvgIpc) is 3.13. The fourth-order valence-corrected chi connectivity index (χ4v) is 4.93. The van der Waals surface area contributed by atoms with E-state index in [0.29, 0.717) is 30.5 Å². The van der Waals surface area contributed by atoms with Gasteiger partial charge in [-0.25, -0.2) is 18.1 Å². The monoisotopic (exact) mass is 438 g/mol. The van der Waals surface area contributed by atoms with Crippen molar-refractivity contribution in [3.8, 4) is 0 Å². The van der Waals surface area contributed by atoms with Crippen molar-refractivity contribution in [2.24, 2.45) is 0 Å². The number of aryl methyl sites for hydroxylation is 2. The van der Waals surface area contributed by atoms with Crippen LogP contribution in [-0.2, 0) is 23.0 Å². The second-order valence-electron chi connectivity index (χ2n) is 7.55. The maximum atomic E-state index is 12.5. The molecule has 0 bridgehead atoms. The Morgan fingerprint density at radius 1 is 1.06 bits per heavy atom. The van der Waals surface area contributed by atoms with Crippen molar-refractivity contribution < 1.29 is 13.1 Å². The summed E-state index contributed by atoms with van der Waals surface area (Å²) in [5, 5.41) is 13.3. The Balaban J connectivity index is 1.60. The maximum Gasteiger partial charge on any atom is 0.240 e. The number of para-hydroxylation sites is 1. The van der Waals surface area contributed by atoms with Crippen molar-refractivity contribution in [2.75, 3.05) is 6.54 Å². The third kappa shape index (κ3) is 4.40. The summed E-state index contributed by atoms with van der Waals surface area (Å²) >= 11 is 0. The number of nitrogens with one attached hydrogen (secondary N) is 1. The van der Waals surface area contributed by atoms with Gasteiger partial charge >= 0.3 is 0 Å². The molecular formula is C23H26N4O3S. The van der Waals surface area contributed by atoms with E-state index in [1.807, 2.05) is 18.2 Å². The Morgan fingerprint density at radius 3 is 2.58 bits per heavy atom. The lowest BCUT2D eigenvalue weighted by Crippen LogP contribution is -2.26. The molecule has 0 amide bonds. The normalized spacial score (nSPS) is 12.0. The van der Waals surface area contributed by atoms with Crippen molar-refractivity contribution >= 4 is 32.0 Å². The zero-order valence-corrected chi connectivity index (χ0v) is 18.3. The second-order valence-corrected chi connectivity index (χ2v) is 9.32. The lowest BCUT2D eigenvalue weighted by Gasteiger charge is -2.11. The number of pyridine rings is 1. The van der Waals surface area contributed by atoms with Gasteiger partial charge in [0.1, 0.15) is 5.82 Å². The molecule has 0 radical (unpaired) electrons. The highest BCUT2D eigenvalue weighted by molar-refractivity contribution is 7.89. The molecular weight excluding hydrogens is 412 g/mol. The smallest absolute Gasteiger partial charge is 0.240 e. The molecule has 1 N–H and O–H groups in total. The van der Waals surface area contributed by atoms with Crippen LogP contribution < -0.4 is 9.45 Å². The van der Waals surface area contributed by atoms with Crippen LogP contribution in [0.15, 0.2) is 65.7 Å². The van der Waals surface area contributed by atoms with Gasteiger partial charge in [0.25, 0.3) is 0 Å². The Labute approximate surface area is 182 Å². The molecule has 2 heterocycles. The Morgan fingerprint density at radius 2 is 1.81 bits per heavy atom. The molecule has 4 aromatic rings. The predicted octanol–water partition coefficient (Wildman–Crippen LogP) is 3.53. The number of nitrogens with zero attached hydrogens (tertiary/aromatic N) is 3. The van der Waals surface area contributed by atoms with Gasteiger partial charge < -0.3 is 9.77 Å². The summed E-state index contributed by atoms with van der Waals surface area (Å²) in [7, 11) is -3.53. The second kappa shape index (κ2) is 9.03. The highest BCUT2D eigenvalue weighted by Crippen LogP contribution is 2.25. The first-order valence-corrected chi connectivity index (χ1v) is 12.0. The van der Waals surface area contributed by atoms with Crippen LogP contribution in [0.25, 0.3) is 21.9 Å². The van der Waals surface area contributed by atoms with Crippen LogP contribution in [0.3, 0.4) is 0 Å². The van der Waals surface area contributed by atoms with E-state index in [1.165, 1.54) is 6.20 Å². The van der Waals surface area contributed by atoms with E-state index in [0.717, 1.165) is 40.7 Å². The molecule has 0 unspecified atom stereocenters. The first kappa shape index (κ1) is 21.3. The number of imidazole rings is 1. The SMILES string of the molecule is CCCCc1nc2c[n+]([O-])c3ccccc3c2n1CCCNS(=O)(=O)c1ccccc1. The van der Waals surface area contributed by atoms with Crippen LogP contribution in [0.5, 0.6) is 0 Å². The van der Waals surface area contributed by atoms with Crippen LogP contribution in [0, 0.1) is 5.21 Å². The quantitative estimate of drug-likeness (QED) is 0.246. The average molecular weight is 439 g/mol. The van der Waals surface area contributed by atoms with Gasteiger partial charge in [-0.15, -0.1) is 0 Å². The molecule has 31 heavy (non-hydrogen) atoms. The lowest BCUT2D eigenvalue weighted by molar-refractivity contribution is -0.575. The Bertz CT molecular complexity index is 1300. The lowest BCUT2D eigenvalue weighted by atomic mass is 10.2. The van der Waals surface area contributed by atoms with Crippen LogP contribution in [-0.4, -0.2) is 24.5 Å². The van der Waals surface area contributed by atoms with Crippen LogP contribution in [0.1, 0.15) is 32.0 Å². The van der Waals surface area contributed by atoms with E-state index in [4.69, 9.17) is 4.98 Å². The molecule has 0 aliphatic rings. The van der Waals surface area contributed by atoms with E-state index in [1.54, 1.807) is 36.4 Å². The molecule has 162 valence electrons. The van der Waals surface area contributed by atoms with Gasteiger partial charge in [0, 0.05) is 25.6 Å². The summed E-state index contributed by atoms with van der Waals surface area (Å²) in [4.78, 5) is 5.00. The van der Waals surface area contributed by atoms with Crippen molar-refractivity contribution in [1.29, 1.82) is 0 Å². The van der Waals surface area contributed by atoms with E-state index in [9.17, 15) is 13.6 Å². The topological polar surface area (TPSA) is 90.9 Å². The number of hydrogen-bond acceptors (Lipinski definition) is 4. The fraction of sp³-hybridized carbons (Fsp3) is 0.304. The molecule has 0 aliphatic carbocycles. The van der Waals surface area contributed by atoms with Gasteiger partial charge in [-0.05, 0) is 31.0 Å². The summed E-state index contributed by atoms with van der Waals surface area (Å²) in [5.41, 5.74) is 2.20. The van der Waals surface area contributed by atoms with Crippen molar-refractivity contribution in [3.63, 3.8) is 0 Å². The van der Waals surface area contributed by atoms with Crippen molar-refractivity contribution in [1.82, 2.24) is 14.3 Å². The minimum Gasteiger partial charge on any atom is -0.618 e. The summed E-state index contributed by atoms with van der Waals surface area (Å²) < 4.78 is 30.6. The molecule has 0 aliphatic heterocycles. The molecule has 4 rings (SSSR count). The molecule has 2 aromatic heterocycles. The fourth-order valence-electron chi connectivity index (χ4n) is 3.83. The first-order chi connectivity index (χ1) is 15.0. The standard InChI is InChI=1S/C23H26N4O3S/c1-2-3-14-22-25-20-17-27(28)21-13-8-7-12-19(21)23(20)26(22)16-9-15-24-31(29,30)18-10-5-4-6-11-18/h4-8,10-13,17,24H,2-3,9,14-16H2,1H3. The van der Waals surface area contributed by atoms with Gasteiger partial charge in [0.2, 0.25) is 21.7 Å². The predicted molar refractivity (Wildman–Crippen MR) is 121 cm³/mol. The van der Waals surface area contributed by atoms with Gasteiger partial charge in [-0.2, -0.15) is 4.73 Å². The number of benzene rings is 2. The molecule has 0 fully saturated rings. The number of fused-ring (bicyclic) bond motifs is 3. The molecule has 7 nitrogen and oxygen atoms in total. The Hall–Kier alpha value is -2.97. The zero-order chi connectivity index (χ0) is 21.8. The van der Waals surface area contributed by atoms with Crippen molar-refractivity contribution in [3.05, 3.63) is 71.8 Å². The number of unbranched alkanes of at least 4 members (excludes halogenated alkanes) is 1. The van der Waals surface area contributed by atoms with Crippen LogP contribution in [0.4, 0.5) is 0 Å². The van der Waals surface area contributed by atoms with E-state index >= 15 is 0 Å². The van der Waals surface area contributed by atoms with E-state index in [-0.39, 0.29) is 4.90 Å². The van der Waals surface area contributed by atoms with Crippen LogP contribution >= 0.6 is 0 Å². The molecule has 8 heteroatoms. The Kier molecular flexibility index (Phi) is 6.20. The molecule has 0 spiro atoms. The van der Waals surface area contributed by atoms with Gasteiger partial charge in [0.15, 0.2) is 5.52 Å². The number of sulfonamides is 1. The summed E-state index contributed by atoms with van der Waals surface area (Å²) in [6, 6.07) is 15.9. The molecule has 0 saturated carbocycles. The van der Waals surface area contributed by atoms with E-state index in [2.05, 4.69) is 16.2 Å².